The van der Waals surface area contributed by atoms with Crippen LogP contribution >= 0.6 is 15.9 Å². The molecule has 5 heteroatoms. The monoisotopic (exact) mass is 324 g/mol. The first-order chi connectivity index (χ1) is 9.02. The third-order valence-corrected chi connectivity index (χ3v) is 4.06. The Bertz CT molecular complexity index is 516. The first kappa shape index (κ1) is 14.1. The Morgan fingerprint density at radius 1 is 1.42 bits per heavy atom. The van der Waals surface area contributed by atoms with Crippen molar-refractivity contribution in [3.8, 4) is 0 Å². The maximum Gasteiger partial charge on any atom is 0.252 e. The smallest absolute Gasteiger partial charge is 0.252 e. The number of amides is 2. The van der Waals surface area contributed by atoms with Gasteiger partial charge in [0.25, 0.3) is 5.91 Å². The average Bonchev–Trinajstić information content (AvgIpc) is 2.62. The van der Waals surface area contributed by atoms with Crippen LogP contribution in [0.2, 0.25) is 0 Å². The summed E-state index contributed by atoms with van der Waals surface area (Å²) in [5.74, 6) is -0.209. The van der Waals surface area contributed by atoms with Crippen LogP contribution in [0.15, 0.2) is 22.7 Å². The van der Waals surface area contributed by atoms with Crippen molar-refractivity contribution in [1.29, 1.82) is 0 Å². The van der Waals surface area contributed by atoms with Gasteiger partial charge in [0.1, 0.15) is 6.04 Å². The Morgan fingerprint density at radius 3 is 2.79 bits per heavy atom. The first-order valence-electron chi connectivity index (χ1n) is 6.39. The molecule has 0 aliphatic carbocycles. The van der Waals surface area contributed by atoms with Gasteiger partial charge in [0.15, 0.2) is 0 Å². The molecule has 0 spiro atoms. The lowest BCUT2D eigenvalue weighted by molar-refractivity contribution is -0.138. The van der Waals surface area contributed by atoms with E-state index in [1.165, 1.54) is 4.90 Å². The highest BCUT2D eigenvalue weighted by molar-refractivity contribution is 9.10. The molecule has 2 amide bonds. The van der Waals surface area contributed by atoms with Crippen molar-refractivity contribution in [2.24, 2.45) is 0 Å². The van der Waals surface area contributed by atoms with Crippen molar-refractivity contribution in [3.63, 3.8) is 0 Å². The highest BCUT2D eigenvalue weighted by Gasteiger charge is 2.37. The third kappa shape index (κ3) is 2.97. The number of nitrogens with zero attached hydrogens (tertiary/aromatic N) is 1. The van der Waals surface area contributed by atoms with Crippen LogP contribution in [0.5, 0.6) is 0 Å². The highest BCUT2D eigenvalue weighted by Crippen LogP contribution is 2.23. The van der Waals surface area contributed by atoms with Crippen molar-refractivity contribution < 1.29 is 9.59 Å². The van der Waals surface area contributed by atoms with E-state index < -0.39 is 6.04 Å². The fourth-order valence-electron chi connectivity index (χ4n) is 2.14. The van der Waals surface area contributed by atoms with Gasteiger partial charge in [-0.05, 0) is 31.0 Å². The Balaban J connectivity index is 2.09. The van der Waals surface area contributed by atoms with Crippen LogP contribution in [0.1, 0.15) is 25.3 Å². The molecule has 0 aromatic heterocycles. The molecule has 2 rings (SSSR count). The van der Waals surface area contributed by atoms with Crippen LogP contribution in [0, 0.1) is 6.92 Å². The molecule has 1 aromatic carbocycles. The van der Waals surface area contributed by atoms with Crippen molar-refractivity contribution >= 4 is 33.4 Å². The van der Waals surface area contributed by atoms with Crippen LogP contribution in [0.3, 0.4) is 0 Å². The Hall–Kier alpha value is -1.36. The fourth-order valence-corrected chi connectivity index (χ4v) is 2.52. The Labute approximate surface area is 121 Å². The molecule has 0 bridgehead atoms. The summed E-state index contributed by atoms with van der Waals surface area (Å²) < 4.78 is 0.986. The molecule has 1 aliphatic rings. The second-order valence-electron chi connectivity index (χ2n) is 4.75. The minimum absolute atomic E-state index is 0.0875. The van der Waals surface area contributed by atoms with E-state index in [1.807, 2.05) is 32.0 Å². The zero-order chi connectivity index (χ0) is 14.0. The molecular formula is C14H17BrN2O2. The van der Waals surface area contributed by atoms with Gasteiger partial charge in [0.2, 0.25) is 5.91 Å². The summed E-state index contributed by atoms with van der Waals surface area (Å²) in [7, 11) is 0. The molecule has 1 fully saturated rings. The number of carbonyl (C=O) groups is 2. The second-order valence-corrected chi connectivity index (χ2v) is 5.60. The topological polar surface area (TPSA) is 49.4 Å². The molecule has 1 aromatic rings. The SMILES string of the molecule is CCCN1C(=O)CC(Nc2ccc(C)c(Br)c2)C1=O. The molecule has 1 N–H and O–H groups in total. The first-order valence-corrected chi connectivity index (χ1v) is 7.19. The molecule has 1 unspecified atom stereocenters. The normalized spacial score (nSPS) is 19.1. The summed E-state index contributed by atoms with van der Waals surface area (Å²) in [4.78, 5) is 25.2. The van der Waals surface area contributed by atoms with Gasteiger partial charge in [-0.25, -0.2) is 0 Å². The number of rotatable bonds is 4. The standard InChI is InChI=1S/C14H17BrN2O2/c1-3-6-17-13(18)8-12(14(17)19)16-10-5-4-9(2)11(15)7-10/h4-5,7,12,16H,3,6,8H2,1-2H3. The maximum absolute atomic E-state index is 12.1. The van der Waals surface area contributed by atoms with Crippen LogP contribution < -0.4 is 5.32 Å². The fraction of sp³-hybridized carbons (Fsp3) is 0.429. The summed E-state index contributed by atoms with van der Waals surface area (Å²) in [6, 6.07) is 5.38. The van der Waals surface area contributed by atoms with Crippen molar-refractivity contribution in [2.45, 2.75) is 32.7 Å². The molecule has 1 heterocycles. The van der Waals surface area contributed by atoms with Crippen molar-refractivity contribution in [2.75, 3.05) is 11.9 Å². The van der Waals surface area contributed by atoms with Gasteiger partial charge in [-0.3, -0.25) is 14.5 Å². The molecule has 0 saturated carbocycles. The summed E-state index contributed by atoms with van der Waals surface area (Å²) in [6.45, 7) is 4.47. The molecule has 1 saturated heterocycles. The van der Waals surface area contributed by atoms with Gasteiger partial charge in [-0.2, -0.15) is 0 Å². The van der Waals surface area contributed by atoms with Crippen LogP contribution in [0.4, 0.5) is 5.69 Å². The zero-order valence-corrected chi connectivity index (χ0v) is 12.7. The molecule has 102 valence electrons. The molecule has 19 heavy (non-hydrogen) atoms. The lowest BCUT2D eigenvalue weighted by atomic mass is 10.2. The van der Waals surface area contributed by atoms with Gasteiger partial charge in [-0.15, -0.1) is 0 Å². The number of imide groups is 1. The number of benzene rings is 1. The second kappa shape index (κ2) is 5.74. The van der Waals surface area contributed by atoms with Crippen LogP contribution in [-0.2, 0) is 9.59 Å². The number of aryl methyl sites for hydroxylation is 1. The average molecular weight is 325 g/mol. The quantitative estimate of drug-likeness (QED) is 0.866. The molecule has 4 nitrogen and oxygen atoms in total. The summed E-state index contributed by atoms with van der Waals surface area (Å²) in [5, 5.41) is 3.14. The molecule has 1 atom stereocenters. The lowest BCUT2D eigenvalue weighted by Crippen LogP contribution is -2.35. The number of nitrogens with one attached hydrogen (secondary N) is 1. The predicted molar refractivity (Wildman–Crippen MR) is 77.9 cm³/mol. The van der Waals surface area contributed by atoms with Crippen LogP contribution in [-0.4, -0.2) is 29.3 Å². The highest BCUT2D eigenvalue weighted by atomic mass is 79.9. The van der Waals surface area contributed by atoms with Gasteiger partial charge in [0, 0.05) is 16.7 Å². The van der Waals surface area contributed by atoms with E-state index in [0.29, 0.717) is 6.54 Å². The molecule has 0 radical (unpaired) electrons. The Morgan fingerprint density at radius 2 is 2.16 bits per heavy atom. The van der Waals surface area contributed by atoms with E-state index in [2.05, 4.69) is 21.2 Å². The minimum atomic E-state index is -0.436. The minimum Gasteiger partial charge on any atom is -0.373 e. The molecule has 1 aliphatic heterocycles. The summed E-state index contributed by atoms with van der Waals surface area (Å²) in [5.41, 5.74) is 1.98. The van der Waals surface area contributed by atoms with E-state index in [4.69, 9.17) is 0 Å². The van der Waals surface area contributed by atoms with Gasteiger partial charge in [0.05, 0.1) is 6.42 Å². The zero-order valence-electron chi connectivity index (χ0n) is 11.1. The van der Waals surface area contributed by atoms with Crippen LogP contribution in [0.25, 0.3) is 0 Å². The number of hydrogen-bond acceptors (Lipinski definition) is 3. The van der Waals surface area contributed by atoms with E-state index in [0.717, 1.165) is 22.1 Å². The van der Waals surface area contributed by atoms with E-state index >= 15 is 0 Å². The number of carbonyl (C=O) groups excluding carboxylic acids is 2. The maximum atomic E-state index is 12.1. The van der Waals surface area contributed by atoms with Gasteiger partial charge < -0.3 is 5.32 Å². The van der Waals surface area contributed by atoms with Gasteiger partial charge in [-0.1, -0.05) is 28.9 Å². The Kier molecular flexibility index (Phi) is 4.24. The van der Waals surface area contributed by atoms with E-state index in [1.54, 1.807) is 0 Å². The number of anilines is 1. The third-order valence-electron chi connectivity index (χ3n) is 3.20. The summed E-state index contributed by atoms with van der Waals surface area (Å²) >= 11 is 3.46. The lowest BCUT2D eigenvalue weighted by Gasteiger charge is -2.15. The predicted octanol–water partition coefficient (Wildman–Crippen LogP) is 2.71. The van der Waals surface area contributed by atoms with Crippen molar-refractivity contribution in [1.82, 2.24) is 4.90 Å². The number of likely N-dealkylation sites (tertiary alicyclic amines) is 1. The van der Waals surface area contributed by atoms with Crippen molar-refractivity contribution in [3.05, 3.63) is 28.2 Å². The summed E-state index contributed by atoms with van der Waals surface area (Å²) in [6.07, 6.45) is 1.03. The van der Waals surface area contributed by atoms with E-state index in [-0.39, 0.29) is 18.2 Å². The largest absolute Gasteiger partial charge is 0.373 e. The number of halogens is 1. The molecular weight excluding hydrogens is 308 g/mol. The van der Waals surface area contributed by atoms with Gasteiger partial charge >= 0.3 is 0 Å². The van der Waals surface area contributed by atoms with E-state index in [9.17, 15) is 9.59 Å². The number of hydrogen-bond donors (Lipinski definition) is 1.